The number of nitrogens with zero attached hydrogens (tertiary/aromatic N) is 1. The average Bonchev–Trinajstić information content (AvgIpc) is 1.98. The van der Waals surface area contributed by atoms with Gasteiger partial charge in [0.2, 0.25) is 0 Å². The van der Waals surface area contributed by atoms with Gasteiger partial charge in [0, 0.05) is 5.57 Å². The summed E-state index contributed by atoms with van der Waals surface area (Å²) in [5.74, 6) is 0. The van der Waals surface area contributed by atoms with Crippen LogP contribution in [0, 0.1) is 11.3 Å². The van der Waals surface area contributed by atoms with Crippen molar-refractivity contribution in [2.45, 2.75) is 39.5 Å². The number of hydrogen-bond donors (Lipinski definition) is 0. The molecule has 0 bridgehead atoms. The third-order valence-electron chi connectivity index (χ3n) is 1.39. The van der Waals surface area contributed by atoms with Gasteiger partial charge in [-0.05, 0) is 19.3 Å². The summed E-state index contributed by atoms with van der Waals surface area (Å²) >= 11 is 0. The highest BCUT2D eigenvalue weighted by atomic mass is 14.2. The topological polar surface area (TPSA) is 23.8 Å². The fourth-order valence-electron chi connectivity index (χ4n) is 0.817. The fraction of sp³-hybridized carbons (Fsp3) is 0.667. The molecule has 0 aromatic heterocycles. The van der Waals surface area contributed by atoms with E-state index in [9.17, 15) is 0 Å². The molecule has 0 aromatic carbocycles. The molecule has 0 heterocycles. The van der Waals surface area contributed by atoms with Gasteiger partial charge in [-0.3, -0.25) is 0 Å². The summed E-state index contributed by atoms with van der Waals surface area (Å²) in [6, 6.07) is 2.20. The smallest absolute Gasteiger partial charge is 0.0943 e. The lowest BCUT2D eigenvalue weighted by molar-refractivity contribution is 0.797. The van der Waals surface area contributed by atoms with Gasteiger partial charge in [-0.15, -0.1) is 0 Å². The van der Waals surface area contributed by atoms with E-state index in [1.54, 1.807) is 0 Å². The van der Waals surface area contributed by atoms with Crippen molar-refractivity contribution in [3.8, 4) is 6.07 Å². The van der Waals surface area contributed by atoms with E-state index in [-0.39, 0.29) is 0 Å². The van der Waals surface area contributed by atoms with Crippen molar-refractivity contribution in [2.24, 2.45) is 0 Å². The van der Waals surface area contributed by atoms with Crippen LogP contribution in [0.1, 0.15) is 39.5 Å². The van der Waals surface area contributed by atoms with E-state index < -0.39 is 0 Å². The van der Waals surface area contributed by atoms with Gasteiger partial charge >= 0.3 is 0 Å². The first-order chi connectivity index (χ1) is 4.85. The number of hydrogen-bond acceptors (Lipinski definition) is 1. The zero-order valence-electron chi connectivity index (χ0n) is 6.85. The van der Waals surface area contributed by atoms with E-state index >= 15 is 0 Å². The lowest BCUT2D eigenvalue weighted by Gasteiger charge is -1.93. The van der Waals surface area contributed by atoms with E-state index in [1.165, 1.54) is 6.42 Å². The molecule has 0 spiro atoms. The van der Waals surface area contributed by atoms with E-state index in [2.05, 4.69) is 19.9 Å². The summed E-state index contributed by atoms with van der Waals surface area (Å²) in [4.78, 5) is 0. The maximum Gasteiger partial charge on any atom is 0.0943 e. The van der Waals surface area contributed by atoms with Gasteiger partial charge in [0.15, 0.2) is 0 Å². The molecule has 0 aliphatic carbocycles. The van der Waals surface area contributed by atoms with Crippen LogP contribution in [0.4, 0.5) is 0 Å². The second-order valence-electron chi connectivity index (χ2n) is 2.35. The van der Waals surface area contributed by atoms with E-state index in [1.807, 2.05) is 6.08 Å². The minimum absolute atomic E-state index is 0.948. The number of allylic oxidation sites excluding steroid dienone is 2. The van der Waals surface area contributed by atoms with Crippen molar-refractivity contribution in [1.29, 1.82) is 5.26 Å². The molecule has 0 aliphatic rings. The maximum atomic E-state index is 8.57. The van der Waals surface area contributed by atoms with Crippen molar-refractivity contribution in [2.75, 3.05) is 0 Å². The molecule has 0 rings (SSSR count). The normalized spacial score (nSPS) is 11.1. The standard InChI is InChI=1S/C9H15N/c1-3-5-7-9(8-10)6-4-2/h6H,3-5,7H2,1-2H3. The summed E-state index contributed by atoms with van der Waals surface area (Å²) in [6.07, 6.45) is 6.26. The summed E-state index contributed by atoms with van der Waals surface area (Å²) in [7, 11) is 0. The summed E-state index contributed by atoms with van der Waals surface area (Å²) in [6.45, 7) is 4.20. The van der Waals surface area contributed by atoms with Gasteiger partial charge in [0.1, 0.15) is 0 Å². The third-order valence-corrected chi connectivity index (χ3v) is 1.39. The predicted octanol–water partition coefficient (Wildman–Crippen LogP) is 3.04. The molecule has 0 saturated carbocycles. The van der Waals surface area contributed by atoms with Crippen molar-refractivity contribution in [1.82, 2.24) is 0 Å². The largest absolute Gasteiger partial charge is 0.193 e. The van der Waals surface area contributed by atoms with Crippen molar-refractivity contribution >= 4 is 0 Å². The van der Waals surface area contributed by atoms with Gasteiger partial charge in [0.25, 0.3) is 0 Å². The van der Waals surface area contributed by atoms with Crippen molar-refractivity contribution < 1.29 is 0 Å². The molecule has 0 aromatic rings. The molecule has 0 unspecified atom stereocenters. The fourth-order valence-corrected chi connectivity index (χ4v) is 0.817. The first kappa shape index (κ1) is 9.23. The second kappa shape index (κ2) is 6.35. The molecule has 0 amide bonds. The minimum Gasteiger partial charge on any atom is -0.193 e. The Morgan fingerprint density at radius 3 is 2.60 bits per heavy atom. The Bertz CT molecular complexity index is 139. The van der Waals surface area contributed by atoms with Crippen LogP contribution in [-0.2, 0) is 0 Å². The lowest BCUT2D eigenvalue weighted by Crippen LogP contribution is -1.78. The van der Waals surface area contributed by atoms with Gasteiger partial charge in [-0.1, -0.05) is 26.3 Å². The third kappa shape index (κ3) is 4.14. The number of unbranched alkanes of at least 4 members (excludes halogenated alkanes) is 1. The maximum absolute atomic E-state index is 8.57. The highest BCUT2D eigenvalue weighted by Gasteiger charge is 1.91. The molecule has 56 valence electrons. The van der Waals surface area contributed by atoms with Crippen LogP contribution >= 0.6 is 0 Å². The number of nitriles is 1. The summed E-state index contributed by atoms with van der Waals surface area (Å²) in [5, 5.41) is 8.57. The van der Waals surface area contributed by atoms with Crippen LogP contribution < -0.4 is 0 Å². The molecule has 0 radical (unpaired) electrons. The molecule has 1 nitrogen and oxygen atoms in total. The lowest BCUT2D eigenvalue weighted by atomic mass is 10.1. The molecule has 0 aliphatic heterocycles. The van der Waals surface area contributed by atoms with Crippen molar-refractivity contribution in [3.63, 3.8) is 0 Å². The molecule has 0 saturated heterocycles. The Morgan fingerprint density at radius 1 is 1.50 bits per heavy atom. The van der Waals surface area contributed by atoms with E-state index in [0.29, 0.717) is 0 Å². The van der Waals surface area contributed by atoms with Gasteiger partial charge in [-0.25, -0.2) is 0 Å². The SMILES string of the molecule is CCC=C(C#N)CCCC. The van der Waals surface area contributed by atoms with Gasteiger partial charge in [-0.2, -0.15) is 5.26 Å². The van der Waals surface area contributed by atoms with Crippen LogP contribution in [0.5, 0.6) is 0 Å². The second-order valence-corrected chi connectivity index (χ2v) is 2.35. The molecule has 10 heavy (non-hydrogen) atoms. The molecule has 0 fully saturated rings. The van der Waals surface area contributed by atoms with Crippen LogP contribution in [0.2, 0.25) is 0 Å². The zero-order chi connectivity index (χ0) is 7.82. The molecular weight excluding hydrogens is 122 g/mol. The van der Waals surface area contributed by atoms with Crippen LogP contribution in [0.3, 0.4) is 0 Å². The quantitative estimate of drug-likeness (QED) is 0.546. The Balaban J connectivity index is 3.64. The Morgan fingerprint density at radius 2 is 2.20 bits per heavy atom. The predicted molar refractivity (Wildman–Crippen MR) is 43.5 cm³/mol. The summed E-state index contributed by atoms with van der Waals surface area (Å²) in [5.41, 5.74) is 0.948. The van der Waals surface area contributed by atoms with Crippen LogP contribution in [-0.4, -0.2) is 0 Å². The zero-order valence-corrected chi connectivity index (χ0v) is 6.85. The Labute approximate surface area is 63.4 Å². The minimum atomic E-state index is 0.948. The first-order valence-corrected chi connectivity index (χ1v) is 3.94. The first-order valence-electron chi connectivity index (χ1n) is 3.94. The molecule has 0 N–H and O–H groups in total. The summed E-state index contributed by atoms with van der Waals surface area (Å²) < 4.78 is 0. The van der Waals surface area contributed by atoms with Crippen molar-refractivity contribution in [3.05, 3.63) is 11.6 Å². The highest BCUT2D eigenvalue weighted by Crippen LogP contribution is 2.06. The van der Waals surface area contributed by atoms with Crippen LogP contribution in [0.25, 0.3) is 0 Å². The number of rotatable bonds is 4. The van der Waals surface area contributed by atoms with E-state index in [0.717, 1.165) is 24.8 Å². The van der Waals surface area contributed by atoms with Gasteiger partial charge in [0.05, 0.1) is 6.07 Å². The Hall–Kier alpha value is -0.770. The van der Waals surface area contributed by atoms with E-state index in [4.69, 9.17) is 5.26 Å². The Kier molecular flexibility index (Phi) is 5.86. The van der Waals surface area contributed by atoms with Gasteiger partial charge < -0.3 is 0 Å². The molecule has 1 heteroatoms. The monoisotopic (exact) mass is 137 g/mol. The molecular formula is C9H15N. The highest BCUT2D eigenvalue weighted by molar-refractivity contribution is 5.19. The molecule has 0 atom stereocenters. The van der Waals surface area contributed by atoms with Crippen LogP contribution in [0.15, 0.2) is 11.6 Å². The average molecular weight is 137 g/mol.